The predicted octanol–water partition coefficient (Wildman–Crippen LogP) is 2.44. The fourth-order valence-corrected chi connectivity index (χ4v) is 4.73. The van der Waals surface area contributed by atoms with Gasteiger partial charge in [-0.1, -0.05) is 6.42 Å². The van der Waals surface area contributed by atoms with Crippen LogP contribution in [0.5, 0.6) is 0 Å². The molecule has 0 spiro atoms. The number of fused-ring (bicyclic) bond motifs is 1. The van der Waals surface area contributed by atoms with Crippen molar-refractivity contribution in [3.63, 3.8) is 0 Å². The second kappa shape index (κ2) is 8.05. The van der Waals surface area contributed by atoms with Gasteiger partial charge in [0, 0.05) is 18.1 Å². The number of aryl methyl sites for hydroxylation is 2. The number of thiocarbonyl (C=S) groups is 1. The van der Waals surface area contributed by atoms with Gasteiger partial charge in [0.2, 0.25) is 0 Å². The Morgan fingerprint density at radius 2 is 2.04 bits per heavy atom. The summed E-state index contributed by atoms with van der Waals surface area (Å²) in [7, 11) is 3.05. The lowest BCUT2D eigenvalue weighted by molar-refractivity contribution is 0.0601. The van der Waals surface area contributed by atoms with Gasteiger partial charge in [-0.3, -0.25) is 9.48 Å². The van der Waals surface area contributed by atoms with Crippen LogP contribution >= 0.6 is 23.6 Å². The van der Waals surface area contributed by atoms with E-state index in [-0.39, 0.29) is 16.8 Å². The highest BCUT2D eigenvalue weighted by Crippen LogP contribution is 2.38. The molecule has 8 nitrogen and oxygen atoms in total. The highest BCUT2D eigenvalue weighted by Gasteiger charge is 2.26. The van der Waals surface area contributed by atoms with Gasteiger partial charge in [-0.2, -0.15) is 5.10 Å². The van der Waals surface area contributed by atoms with Crippen LogP contribution in [0.15, 0.2) is 6.20 Å². The number of nitrogens with zero attached hydrogens (tertiary/aromatic N) is 2. The summed E-state index contributed by atoms with van der Waals surface area (Å²) in [6, 6.07) is 0. The second-order valence-electron chi connectivity index (χ2n) is 6.27. The van der Waals surface area contributed by atoms with E-state index in [9.17, 15) is 9.59 Å². The molecule has 0 bridgehead atoms. The van der Waals surface area contributed by atoms with Crippen molar-refractivity contribution in [2.45, 2.75) is 32.1 Å². The maximum atomic E-state index is 12.4. The smallest absolute Gasteiger partial charge is 0.341 e. The van der Waals surface area contributed by atoms with E-state index in [0.717, 1.165) is 37.7 Å². The zero-order valence-electron chi connectivity index (χ0n) is 15.1. The van der Waals surface area contributed by atoms with E-state index in [1.807, 2.05) is 0 Å². The van der Waals surface area contributed by atoms with E-state index in [1.54, 1.807) is 13.2 Å². The Balaban J connectivity index is 1.86. The average Bonchev–Trinajstić information content (AvgIpc) is 3.05. The summed E-state index contributed by atoms with van der Waals surface area (Å²) in [5.74, 6) is -1.03. The number of rotatable bonds is 4. The normalized spacial score (nSPS) is 13.4. The standard InChI is InChI=1S/C17H21N5O3S2/c1-22-8-10(13(21-22)14(18)23)19-17(26)20-15-12(16(24)25-2)9-6-4-3-5-7-11(9)27-15/h8H,3-7H2,1-2H3,(H2,18,23)(H2,19,20,26). The maximum absolute atomic E-state index is 12.4. The molecule has 144 valence electrons. The van der Waals surface area contributed by atoms with Gasteiger partial charge in [0.05, 0.1) is 18.4 Å². The molecule has 0 aromatic carbocycles. The lowest BCUT2D eigenvalue weighted by atomic mass is 10.1. The van der Waals surface area contributed by atoms with Crippen molar-refractivity contribution in [1.82, 2.24) is 9.78 Å². The number of esters is 1. The topological polar surface area (TPSA) is 111 Å². The number of hydrogen-bond acceptors (Lipinski definition) is 6. The third-order valence-corrected chi connectivity index (χ3v) is 5.76. The minimum Gasteiger partial charge on any atom is -0.465 e. The van der Waals surface area contributed by atoms with E-state index in [4.69, 9.17) is 22.7 Å². The molecule has 27 heavy (non-hydrogen) atoms. The number of nitrogens with two attached hydrogens (primary N) is 1. The summed E-state index contributed by atoms with van der Waals surface area (Å²) < 4.78 is 6.46. The van der Waals surface area contributed by atoms with Gasteiger partial charge < -0.3 is 21.1 Å². The van der Waals surface area contributed by atoms with Crippen molar-refractivity contribution in [1.29, 1.82) is 0 Å². The van der Waals surface area contributed by atoms with Crippen molar-refractivity contribution < 1.29 is 14.3 Å². The zero-order valence-corrected chi connectivity index (χ0v) is 16.8. The van der Waals surface area contributed by atoms with Crippen molar-refractivity contribution in [3.8, 4) is 0 Å². The van der Waals surface area contributed by atoms with E-state index >= 15 is 0 Å². The highest BCUT2D eigenvalue weighted by atomic mass is 32.1. The minimum atomic E-state index is -0.654. The van der Waals surface area contributed by atoms with Gasteiger partial charge in [0.1, 0.15) is 5.00 Å². The largest absolute Gasteiger partial charge is 0.465 e. The van der Waals surface area contributed by atoms with Crippen molar-refractivity contribution in [2.24, 2.45) is 12.8 Å². The fraction of sp³-hybridized carbons (Fsp3) is 0.412. The fourth-order valence-electron chi connectivity index (χ4n) is 3.17. The van der Waals surface area contributed by atoms with Crippen LogP contribution in [0.1, 0.15) is 50.5 Å². The summed E-state index contributed by atoms with van der Waals surface area (Å²) in [6.45, 7) is 0. The molecule has 0 radical (unpaired) electrons. The molecule has 4 N–H and O–H groups in total. The number of carbonyl (C=O) groups is 2. The summed E-state index contributed by atoms with van der Waals surface area (Å²) in [6.07, 6.45) is 6.72. The maximum Gasteiger partial charge on any atom is 0.341 e. The molecule has 1 amide bonds. The summed E-state index contributed by atoms with van der Waals surface area (Å²) in [5.41, 5.74) is 7.43. The number of amides is 1. The van der Waals surface area contributed by atoms with Crippen LogP contribution in [0.4, 0.5) is 10.7 Å². The minimum absolute atomic E-state index is 0.0943. The van der Waals surface area contributed by atoms with Gasteiger partial charge in [-0.25, -0.2) is 4.79 Å². The van der Waals surface area contributed by atoms with E-state index in [1.165, 1.54) is 28.0 Å². The lowest BCUT2D eigenvalue weighted by Crippen LogP contribution is -2.22. The Bertz CT molecular complexity index is 903. The van der Waals surface area contributed by atoms with E-state index in [0.29, 0.717) is 16.3 Å². The molecule has 0 unspecified atom stereocenters. The number of primary amides is 1. The SMILES string of the molecule is COC(=O)c1c(NC(=S)Nc2cn(C)nc2C(N)=O)sc2c1CCCCC2. The molecule has 0 saturated carbocycles. The van der Waals surface area contributed by atoms with Crippen molar-refractivity contribution in [3.05, 3.63) is 27.9 Å². The molecule has 10 heteroatoms. The van der Waals surface area contributed by atoms with Crippen LogP contribution in [-0.2, 0) is 24.6 Å². The molecular formula is C17H21N5O3S2. The van der Waals surface area contributed by atoms with Crippen LogP contribution in [0.3, 0.4) is 0 Å². The van der Waals surface area contributed by atoms with Gasteiger partial charge in [-0.05, 0) is 43.5 Å². The number of hydrogen-bond donors (Lipinski definition) is 3. The summed E-state index contributed by atoms with van der Waals surface area (Å²) in [4.78, 5) is 25.1. The molecular weight excluding hydrogens is 386 g/mol. The van der Waals surface area contributed by atoms with Gasteiger partial charge in [-0.15, -0.1) is 11.3 Å². The Labute approximate surface area is 166 Å². The summed E-state index contributed by atoms with van der Waals surface area (Å²) in [5, 5.41) is 10.9. The Morgan fingerprint density at radius 1 is 1.30 bits per heavy atom. The van der Waals surface area contributed by atoms with Crippen LogP contribution in [-0.4, -0.2) is 33.9 Å². The first kappa shape index (κ1) is 19.3. The third-order valence-electron chi connectivity index (χ3n) is 4.35. The van der Waals surface area contributed by atoms with E-state index < -0.39 is 5.91 Å². The van der Waals surface area contributed by atoms with Gasteiger partial charge in [0.25, 0.3) is 5.91 Å². The van der Waals surface area contributed by atoms with Crippen LogP contribution < -0.4 is 16.4 Å². The van der Waals surface area contributed by atoms with E-state index in [2.05, 4.69) is 15.7 Å². The van der Waals surface area contributed by atoms with Crippen LogP contribution in [0.25, 0.3) is 0 Å². The van der Waals surface area contributed by atoms with Crippen molar-refractivity contribution in [2.75, 3.05) is 17.7 Å². The van der Waals surface area contributed by atoms with Gasteiger partial charge >= 0.3 is 5.97 Å². The lowest BCUT2D eigenvalue weighted by Gasteiger charge is -2.10. The molecule has 2 heterocycles. The number of aromatic nitrogens is 2. The summed E-state index contributed by atoms with van der Waals surface area (Å²) >= 11 is 6.89. The molecule has 2 aromatic rings. The third kappa shape index (κ3) is 4.11. The number of anilines is 2. The average molecular weight is 408 g/mol. The molecule has 0 aliphatic heterocycles. The van der Waals surface area contributed by atoms with Crippen molar-refractivity contribution >= 4 is 51.2 Å². The molecule has 0 atom stereocenters. The number of carbonyl (C=O) groups excluding carboxylic acids is 2. The predicted molar refractivity (Wildman–Crippen MR) is 108 cm³/mol. The van der Waals surface area contributed by atoms with Gasteiger partial charge in [0.15, 0.2) is 10.8 Å². The Kier molecular flexibility index (Phi) is 5.76. The first-order chi connectivity index (χ1) is 12.9. The zero-order chi connectivity index (χ0) is 19.6. The number of nitrogens with one attached hydrogen (secondary N) is 2. The molecule has 1 aliphatic rings. The number of thiophene rings is 1. The van der Waals surface area contributed by atoms with Crippen LogP contribution in [0.2, 0.25) is 0 Å². The molecule has 2 aromatic heterocycles. The Hall–Kier alpha value is -2.46. The molecule has 3 rings (SSSR count). The Morgan fingerprint density at radius 3 is 2.74 bits per heavy atom. The highest BCUT2D eigenvalue weighted by molar-refractivity contribution is 7.80. The first-order valence-electron chi connectivity index (χ1n) is 8.55. The van der Waals surface area contributed by atoms with Crippen LogP contribution in [0, 0.1) is 0 Å². The first-order valence-corrected chi connectivity index (χ1v) is 9.77. The molecule has 0 fully saturated rings. The number of methoxy groups -OCH3 is 1. The second-order valence-corrected chi connectivity index (χ2v) is 7.78. The molecule has 1 aliphatic carbocycles. The molecule has 0 saturated heterocycles. The quantitative estimate of drug-likeness (QED) is 0.405. The monoisotopic (exact) mass is 407 g/mol. The number of ether oxygens (including phenoxy) is 1.